The largest absolute Gasteiger partial charge is 0.362 e. The first kappa shape index (κ1) is 22.8. The molecule has 6 heteroatoms. The minimum absolute atomic E-state index is 0.0706. The number of amides is 1. The molecule has 172 valence electrons. The minimum atomic E-state index is -0.298. The second-order valence-electron chi connectivity index (χ2n) is 9.05. The first-order chi connectivity index (χ1) is 16.0. The van der Waals surface area contributed by atoms with E-state index in [1.54, 1.807) is 0 Å². The van der Waals surface area contributed by atoms with Gasteiger partial charge in [0.05, 0.1) is 5.92 Å². The average molecular weight is 444 g/mol. The summed E-state index contributed by atoms with van der Waals surface area (Å²) in [6, 6.07) is 20.5. The van der Waals surface area contributed by atoms with Crippen LogP contribution in [0, 0.1) is 6.92 Å². The topological polar surface area (TPSA) is 70.1 Å². The van der Waals surface area contributed by atoms with Crippen molar-refractivity contribution < 1.29 is 4.79 Å². The first-order valence-electron chi connectivity index (χ1n) is 11.7. The van der Waals surface area contributed by atoms with E-state index in [4.69, 9.17) is 0 Å². The lowest BCUT2D eigenvalue weighted by Crippen LogP contribution is -2.42. The Balaban J connectivity index is 1.37. The van der Waals surface area contributed by atoms with Crippen LogP contribution >= 0.6 is 0 Å². The van der Waals surface area contributed by atoms with Crippen LogP contribution in [0.3, 0.4) is 0 Å². The summed E-state index contributed by atoms with van der Waals surface area (Å²) in [6.45, 7) is 2.02. The van der Waals surface area contributed by atoms with Gasteiger partial charge in [-0.15, -0.1) is 0 Å². The highest BCUT2D eigenvalue weighted by Gasteiger charge is 2.28. The van der Waals surface area contributed by atoms with Gasteiger partial charge < -0.3 is 15.5 Å². The fraction of sp³-hybridized carbons (Fsp3) is 0.370. The van der Waals surface area contributed by atoms with Gasteiger partial charge in [0.25, 0.3) is 0 Å². The van der Waals surface area contributed by atoms with Crippen molar-refractivity contribution in [3.8, 4) is 0 Å². The molecule has 4 rings (SSSR count). The summed E-state index contributed by atoms with van der Waals surface area (Å²) < 4.78 is 0. The third-order valence-electron chi connectivity index (χ3n) is 6.30. The van der Waals surface area contributed by atoms with Gasteiger partial charge in [-0.25, -0.2) is 4.98 Å². The fourth-order valence-electron chi connectivity index (χ4n) is 4.59. The van der Waals surface area contributed by atoms with E-state index in [1.807, 2.05) is 92.8 Å². The van der Waals surface area contributed by atoms with E-state index in [2.05, 4.69) is 20.6 Å². The number of benzene rings is 2. The molecule has 1 amide bonds. The van der Waals surface area contributed by atoms with Crippen LogP contribution in [-0.2, 0) is 4.79 Å². The van der Waals surface area contributed by atoms with E-state index < -0.39 is 0 Å². The van der Waals surface area contributed by atoms with Crippen LogP contribution in [0.5, 0.6) is 0 Å². The van der Waals surface area contributed by atoms with Crippen LogP contribution in [0.4, 0.5) is 11.8 Å². The van der Waals surface area contributed by atoms with Gasteiger partial charge in [0, 0.05) is 37.9 Å². The molecule has 1 saturated carbocycles. The summed E-state index contributed by atoms with van der Waals surface area (Å²) in [5.41, 5.74) is 3.10. The number of carbonyl (C=O) groups is 1. The van der Waals surface area contributed by atoms with Gasteiger partial charge in [-0.2, -0.15) is 4.98 Å². The molecule has 1 aromatic heterocycles. The molecular formula is C27H33N5O. The molecule has 2 aromatic carbocycles. The molecule has 0 saturated heterocycles. The molecule has 6 nitrogen and oxygen atoms in total. The molecule has 1 heterocycles. The van der Waals surface area contributed by atoms with Crippen molar-refractivity contribution in [3.63, 3.8) is 0 Å². The van der Waals surface area contributed by atoms with E-state index >= 15 is 0 Å². The monoisotopic (exact) mass is 443 g/mol. The molecule has 1 aliphatic rings. The zero-order valence-corrected chi connectivity index (χ0v) is 19.7. The normalized spacial score (nSPS) is 18.1. The highest BCUT2D eigenvalue weighted by atomic mass is 16.1. The molecule has 0 spiro atoms. The molecule has 2 N–H and O–H groups in total. The van der Waals surface area contributed by atoms with E-state index in [9.17, 15) is 4.79 Å². The molecule has 0 bridgehead atoms. The van der Waals surface area contributed by atoms with Crippen molar-refractivity contribution in [1.82, 2.24) is 15.3 Å². The summed E-state index contributed by atoms with van der Waals surface area (Å²) in [5.74, 6) is 1.38. The molecule has 0 aliphatic heterocycles. The molecule has 0 atom stereocenters. The Bertz CT molecular complexity index is 1010. The van der Waals surface area contributed by atoms with E-state index in [0.29, 0.717) is 12.0 Å². The summed E-state index contributed by atoms with van der Waals surface area (Å²) in [6.07, 6.45) is 5.68. The second kappa shape index (κ2) is 10.5. The van der Waals surface area contributed by atoms with E-state index in [1.165, 1.54) is 0 Å². The van der Waals surface area contributed by atoms with Crippen LogP contribution < -0.4 is 15.5 Å². The van der Waals surface area contributed by atoms with Crippen LogP contribution in [-0.4, -0.2) is 42.1 Å². The number of nitrogens with zero attached hydrogens (tertiary/aromatic N) is 3. The summed E-state index contributed by atoms with van der Waals surface area (Å²) in [5, 5.41) is 6.82. The van der Waals surface area contributed by atoms with Gasteiger partial charge in [-0.05, 0) is 43.7 Å². The van der Waals surface area contributed by atoms with Gasteiger partial charge in [-0.3, -0.25) is 4.79 Å². The van der Waals surface area contributed by atoms with Crippen molar-refractivity contribution in [2.45, 2.75) is 50.6 Å². The number of rotatable bonds is 7. The predicted octanol–water partition coefficient (Wildman–Crippen LogP) is 4.52. The molecular weight excluding hydrogens is 410 g/mol. The Morgan fingerprint density at radius 2 is 1.45 bits per heavy atom. The lowest BCUT2D eigenvalue weighted by atomic mass is 9.88. The third kappa shape index (κ3) is 5.69. The maximum absolute atomic E-state index is 13.4. The maximum Gasteiger partial charge on any atom is 0.232 e. The Kier molecular flexibility index (Phi) is 7.23. The Labute approximate surface area is 196 Å². The highest BCUT2D eigenvalue weighted by molar-refractivity contribution is 5.87. The predicted molar refractivity (Wildman–Crippen MR) is 134 cm³/mol. The zero-order valence-electron chi connectivity index (χ0n) is 19.7. The smallest absolute Gasteiger partial charge is 0.232 e. The molecule has 3 aromatic rings. The number of carbonyl (C=O) groups excluding carboxylic acids is 1. The highest BCUT2D eigenvalue weighted by Crippen LogP contribution is 2.27. The van der Waals surface area contributed by atoms with Crippen LogP contribution in [0.25, 0.3) is 0 Å². The number of aryl methyl sites for hydroxylation is 1. The average Bonchev–Trinajstić information content (AvgIpc) is 2.83. The maximum atomic E-state index is 13.4. The number of anilines is 2. The quantitative estimate of drug-likeness (QED) is 0.562. The van der Waals surface area contributed by atoms with Crippen molar-refractivity contribution in [3.05, 3.63) is 83.6 Å². The number of hydrogen-bond donors (Lipinski definition) is 2. The number of hydrogen-bond acceptors (Lipinski definition) is 5. The number of nitrogens with one attached hydrogen (secondary N) is 2. The van der Waals surface area contributed by atoms with Gasteiger partial charge >= 0.3 is 0 Å². The van der Waals surface area contributed by atoms with E-state index in [0.717, 1.165) is 48.2 Å². The second-order valence-corrected chi connectivity index (χ2v) is 9.05. The van der Waals surface area contributed by atoms with Gasteiger partial charge in [-0.1, -0.05) is 60.7 Å². The van der Waals surface area contributed by atoms with E-state index in [-0.39, 0.29) is 17.9 Å². The Morgan fingerprint density at radius 1 is 0.909 bits per heavy atom. The number of aromatic nitrogens is 2. The van der Waals surface area contributed by atoms with Gasteiger partial charge in [0.15, 0.2) is 0 Å². The molecule has 0 unspecified atom stereocenters. The van der Waals surface area contributed by atoms with Crippen LogP contribution in [0.1, 0.15) is 48.3 Å². The molecule has 33 heavy (non-hydrogen) atoms. The van der Waals surface area contributed by atoms with Crippen LogP contribution in [0.15, 0.2) is 66.9 Å². The van der Waals surface area contributed by atoms with Gasteiger partial charge in [0.2, 0.25) is 11.9 Å². The van der Waals surface area contributed by atoms with Crippen molar-refractivity contribution >= 4 is 17.7 Å². The first-order valence-corrected chi connectivity index (χ1v) is 11.7. The Morgan fingerprint density at radius 3 is 2.00 bits per heavy atom. The summed E-state index contributed by atoms with van der Waals surface area (Å²) in [7, 11) is 3.98. The molecule has 0 radical (unpaired) electrons. The summed E-state index contributed by atoms with van der Waals surface area (Å²) in [4.78, 5) is 24.5. The van der Waals surface area contributed by atoms with Crippen LogP contribution in [0.2, 0.25) is 0 Å². The Hall–Kier alpha value is -3.41. The third-order valence-corrected chi connectivity index (χ3v) is 6.30. The molecule has 1 aliphatic carbocycles. The molecule has 1 fully saturated rings. The lowest BCUT2D eigenvalue weighted by Gasteiger charge is -2.31. The standard InChI is InChI=1S/C27H33N5O/c1-19-18-28-27(31-25(19)32(2)3)30-23-16-14-22(15-17-23)29-26(33)24(20-10-6-4-7-11-20)21-12-8-5-9-13-21/h4-13,18,22-24H,14-17H2,1-3H3,(H,29,33)(H,28,30,31)/t22-,23+. The minimum Gasteiger partial charge on any atom is -0.362 e. The van der Waals surface area contributed by atoms with Crippen molar-refractivity contribution in [2.24, 2.45) is 0 Å². The lowest BCUT2D eigenvalue weighted by molar-refractivity contribution is -0.122. The van der Waals surface area contributed by atoms with Crippen molar-refractivity contribution in [1.29, 1.82) is 0 Å². The zero-order chi connectivity index (χ0) is 23.2. The summed E-state index contributed by atoms with van der Waals surface area (Å²) >= 11 is 0. The SMILES string of the molecule is Cc1cnc(N[C@H]2CC[C@@H](NC(=O)C(c3ccccc3)c3ccccc3)CC2)nc1N(C)C. The van der Waals surface area contributed by atoms with Gasteiger partial charge in [0.1, 0.15) is 5.82 Å². The fourth-order valence-corrected chi connectivity index (χ4v) is 4.59. The van der Waals surface area contributed by atoms with Crippen molar-refractivity contribution in [2.75, 3.05) is 24.3 Å².